The van der Waals surface area contributed by atoms with E-state index in [-0.39, 0.29) is 26.2 Å². The summed E-state index contributed by atoms with van der Waals surface area (Å²) in [6.07, 6.45) is 4.42. The van der Waals surface area contributed by atoms with Crippen molar-refractivity contribution in [3.05, 3.63) is 11.5 Å². The van der Waals surface area contributed by atoms with Gasteiger partial charge in [0, 0.05) is 11.7 Å². The van der Waals surface area contributed by atoms with Crippen molar-refractivity contribution in [2.24, 2.45) is 4.99 Å². The van der Waals surface area contributed by atoms with Gasteiger partial charge in [-0.3, -0.25) is 4.99 Å². The first-order valence-corrected chi connectivity index (χ1v) is 12.9. The first-order valence-electron chi connectivity index (χ1n) is 10.2. The Hall–Kier alpha value is 0.270. The highest BCUT2D eigenvalue weighted by atomic mass is 31.1. The first kappa shape index (κ1) is 26.3. The number of hydrogen-bond acceptors (Lipinski definition) is 1. The van der Waals surface area contributed by atoms with Crippen molar-refractivity contribution in [2.45, 2.75) is 130 Å². The van der Waals surface area contributed by atoms with E-state index in [1.807, 2.05) is 0 Å². The lowest BCUT2D eigenvalue weighted by Gasteiger charge is -2.43. The molecular weight excluding hydrogens is 352 g/mol. The second kappa shape index (κ2) is 9.18. The third-order valence-corrected chi connectivity index (χ3v) is 11.6. The van der Waals surface area contributed by atoms with Crippen LogP contribution in [0.4, 0.5) is 0 Å². The van der Waals surface area contributed by atoms with Crippen molar-refractivity contribution < 1.29 is 0 Å². The van der Waals surface area contributed by atoms with Crippen LogP contribution in [0.1, 0.15) is 110 Å². The number of allylic oxidation sites excluding steroid dienone is 1. The molecule has 0 aliphatic carbocycles. The summed E-state index contributed by atoms with van der Waals surface area (Å²) >= 11 is 0. The normalized spacial score (nSPS) is 16.0. The molecule has 0 rings (SSSR count). The van der Waals surface area contributed by atoms with Crippen molar-refractivity contribution in [2.75, 3.05) is 0 Å². The van der Waals surface area contributed by atoms with Crippen molar-refractivity contribution in [3.8, 4) is 0 Å². The number of hydrogen-bond donors (Lipinski definition) is 0. The molecule has 0 unspecified atom stereocenters. The molecule has 0 N–H and O–H groups in total. The van der Waals surface area contributed by atoms with Crippen LogP contribution in [0.15, 0.2) is 16.5 Å². The zero-order chi connectivity index (χ0) is 21.1. The molecule has 3 heteroatoms. The quantitative estimate of drug-likeness (QED) is 0.323. The third-order valence-electron chi connectivity index (χ3n) is 4.27. The summed E-state index contributed by atoms with van der Waals surface area (Å²) < 4.78 is 0. The Morgan fingerprint density at radius 3 is 1.19 bits per heavy atom. The number of nitrogens with zero attached hydrogens (tertiary/aromatic N) is 1. The van der Waals surface area contributed by atoms with Gasteiger partial charge in [0.15, 0.2) is 0 Å². The van der Waals surface area contributed by atoms with E-state index in [0.717, 1.165) is 12.8 Å². The summed E-state index contributed by atoms with van der Waals surface area (Å²) in [7, 11) is -0.561. The van der Waals surface area contributed by atoms with Crippen molar-refractivity contribution in [1.82, 2.24) is 0 Å². The average molecular weight is 400 g/mol. The van der Waals surface area contributed by atoms with E-state index in [1.54, 1.807) is 5.31 Å². The largest absolute Gasteiger partial charge is 0.261 e. The minimum atomic E-state index is -0.305. The molecule has 0 aromatic rings. The van der Waals surface area contributed by atoms with Crippen LogP contribution in [-0.4, -0.2) is 26.1 Å². The number of rotatable bonds is 5. The smallest absolute Gasteiger partial charge is 0.0415 e. The summed E-state index contributed by atoms with van der Waals surface area (Å²) in [5, 5.41) is 2.72. The van der Waals surface area contributed by atoms with Gasteiger partial charge in [-0.2, -0.15) is 0 Å². The first-order chi connectivity index (χ1) is 11.4. The summed E-state index contributed by atoms with van der Waals surface area (Å²) in [5.41, 5.74) is 1.42. The molecule has 0 bridgehead atoms. The fourth-order valence-corrected chi connectivity index (χ4v) is 12.7. The highest BCUT2D eigenvalue weighted by Gasteiger charge is 2.38. The van der Waals surface area contributed by atoms with Crippen molar-refractivity contribution in [1.29, 1.82) is 0 Å². The van der Waals surface area contributed by atoms with E-state index in [1.165, 1.54) is 5.45 Å². The summed E-state index contributed by atoms with van der Waals surface area (Å²) in [6, 6.07) is 0. The van der Waals surface area contributed by atoms with Gasteiger partial charge in [-0.25, -0.2) is 0 Å². The van der Waals surface area contributed by atoms with Crippen molar-refractivity contribution >= 4 is 21.3 Å². The second-order valence-corrected chi connectivity index (χ2v) is 19.0. The van der Waals surface area contributed by atoms with Gasteiger partial charge >= 0.3 is 0 Å². The van der Waals surface area contributed by atoms with Crippen LogP contribution in [0.25, 0.3) is 0 Å². The van der Waals surface area contributed by atoms with Gasteiger partial charge in [0.1, 0.15) is 0 Å². The highest BCUT2D eigenvalue weighted by Crippen LogP contribution is 2.66. The third kappa shape index (κ3) is 7.72. The monoisotopic (exact) mass is 399 g/mol. The Labute approximate surface area is 168 Å². The fourth-order valence-electron chi connectivity index (χ4n) is 4.41. The Morgan fingerprint density at radius 1 is 0.615 bits per heavy atom. The van der Waals surface area contributed by atoms with E-state index in [9.17, 15) is 0 Å². The van der Waals surface area contributed by atoms with E-state index >= 15 is 0 Å². The van der Waals surface area contributed by atoms with E-state index in [4.69, 9.17) is 4.99 Å². The molecule has 0 aromatic carbocycles. The van der Waals surface area contributed by atoms with E-state index in [0.29, 0.717) is 10.3 Å². The second-order valence-electron chi connectivity index (χ2n) is 11.2. The maximum Gasteiger partial charge on any atom is 0.0415 e. The van der Waals surface area contributed by atoms with Crippen LogP contribution in [0.5, 0.6) is 0 Å². The van der Waals surface area contributed by atoms with Gasteiger partial charge in [0.05, 0.1) is 0 Å². The van der Waals surface area contributed by atoms with Gasteiger partial charge in [0.25, 0.3) is 0 Å². The van der Waals surface area contributed by atoms with Gasteiger partial charge in [0.2, 0.25) is 0 Å². The predicted molar refractivity (Wildman–Crippen MR) is 129 cm³/mol. The van der Waals surface area contributed by atoms with Crippen LogP contribution < -0.4 is 0 Å². The Morgan fingerprint density at radius 2 is 0.962 bits per heavy atom. The molecule has 0 spiro atoms. The molecule has 0 heterocycles. The van der Waals surface area contributed by atoms with Crippen molar-refractivity contribution in [3.63, 3.8) is 0 Å². The minimum Gasteiger partial charge on any atom is -0.261 e. The number of aliphatic imine (C=N–C) groups is 1. The maximum absolute atomic E-state index is 5.19. The maximum atomic E-state index is 5.19. The molecule has 0 amide bonds. The molecule has 0 saturated heterocycles. The summed E-state index contributed by atoms with van der Waals surface area (Å²) in [5.74, 6) is 0. The zero-order valence-electron chi connectivity index (χ0n) is 20.3. The topological polar surface area (TPSA) is 12.4 Å². The Kier molecular flexibility index (Phi) is 9.27. The standard InChI is InChI=1S/C23H47NP2/c1-15-18(25(20(3,4)5)21(6,7)8)17-24-19(16-2)26(22(9,10)11)23(12,13)14/h17H,15-16H2,1-14H3/b18-17-,24-19-. The summed E-state index contributed by atoms with van der Waals surface area (Å²) in [4.78, 5) is 5.19. The lowest BCUT2D eigenvalue weighted by molar-refractivity contribution is 0.708. The van der Waals surface area contributed by atoms with Crippen LogP contribution in [-0.2, 0) is 0 Å². The van der Waals surface area contributed by atoms with Crippen LogP contribution in [0.2, 0.25) is 0 Å². The fraction of sp³-hybridized carbons (Fsp3) is 0.870. The molecule has 0 aliphatic heterocycles. The molecule has 154 valence electrons. The van der Waals surface area contributed by atoms with Gasteiger partial charge in [-0.1, -0.05) is 105 Å². The zero-order valence-corrected chi connectivity index (χ0v) is 22.1. The van der Waals surface area contributed by atoms with Crippen LogP contribution in [0, 0.1) is 0 Å². The van der Waals surface area contributed by atoms with E-state index in [2.05, 4.69) is 103 Å². The van der Waals surface area contributed by atoms with Crippen LogP contribution >= 0.6 is 15.8 Å². The Balaban J connectivity index is 6.25. The molecule has 0 aromatic heterocycles. The lowest BCUT2D eigenvalue weighted by Crippen LogP contribution is -2.29. The van der Waals surface area contributed by atoms with E-state index < -0.39 is 0 Å². The SMILES string of the molecule is CC/C(=C/N=C(/CC)P(C(C)(C)C)C(C)(C)C)P(C(C)(C)C)C(C)(C)C. The molecule has 26 heavy (non-hydrogen) atoms. The van der Waals surface area contributed by atoms with Gasteiger partial charge in [-0.05, 0) is 46.7 Å². The molecular formula is C23H47NP2. The molecule has 0 radical (unpaired) electrons. The average Bonchev–Trinajstić information content (AvgIpc) is 2.34. The molecule has 0 fully saturated rings. The minimum absolute atomic E-state index is 0.256. The molecule has 0 saturated carbocycles. The van der Waals surface area contributed by atoms with Gasteiger partial charge < -0.3 is 0 Å². The Bertz CT molecular complexity index is 426. The molecule has 0 atom stereocenters. The lowest BCUT2D eigenvalue weighted by atomic mass is 10.2. The van der Waals surface area contributed by atoms with Gasteiger partial charge in [-0.15, -0.1) is 0 Å². The molecule has 0 aliphatic rings. The molecule has 1 nitrogen and oxygen atoms in total. The highest BCUT2D eigenvalue weighted by molar-refractivity contribution is 7.77. The van der Waals surface area contributed by atoms with Crippen LogP contribution in [0.3, 0.4) is 0 Å². The summed E-state index contributed by atoms with van der Waals surface area (Å²) in [6.45, 7) is 33.3. The predicted octanol–water partition coefficient (Wildman–Crippen LogP) is 9.20.